The van der Waals surface area contributed by atoms with Gasteiger partial charge in [0.05, 0.1) is 16.8 Å². The van der Waals surface area contributed by atoms with Gasteiger partial charge in [0, 0.05) is 13.1 Å². The Kier molecular flexibility index (Phi) is 4.10. The van der Waals surface area contributed by atoms with Crippen molar-refractivity contribution < 1.29 is 4.79 Å². The second-order valence-corrected chi connectivity index (χ2v) is 7.01. The van der Waals surface area contributed by atoms with Crippen molar-refractivity contribution in [1.29, 1.82) is 0 Å². The molecule has 1 aliphatic rings. The van der Waals surface area contributed by atoms with E-state index in [-0.39, 0.29) is 6.03 Å². The molecule has 1 aromatic heterocycles. The highest BCUT2D eigenvalue weighted by atomic mass is 32.1. The first kappa shape index (κ1) is 14.3. The number of hydrogen-bond donors (Lipinski definition) is 1. The molecule has 2 aromatic rings. The van der Waals surface area contributed by atoms with Gasteiger partial charge >= 0.3 is 6.03 Å². The monoisotopic (exact) mass is 303 g/mol. The molecule has 1 heterocycles. The fourth-order valence-electron chi connectivity index (χ4n) is 2.89. The minimum absolute atomic E-state index is 0.00741. The molecule has 2 amide bonds. The van der Waals surface area contributed by atoms with Crippen molar-refractivity contribution in [3.8, 4) is 0 Å². The summed E-state index contributed by atoms with van der Waals surface area (Å²) in [6.45, 7) is 2.78. The van der Waals surface area contributed by atoms with E-state index in [2.05, 4.69) is 23.3 Å². The summed E-state index contributed by atoms with van der Waals surface area (Å²) in [4.78, 5) is 18.6. The Morgan fingerprint density at radius 3 is 2.95 bits per heavy atom. The van der Waals surface area contributed by atoms with Crippen molar-refractivity contribution >= 4 is 27.6 Å². The van der Waals surface area contributed by atoms with Gasteiger partial charge in [0.15, 0.2) is 0 Å². The molecule has 21 heavy (non-hydrogen) atoms. The number of amides is 2. The van der Waals surface area contributed by atoms with E-state index in [4.69, 9.17) is 0 Å². The van der Waals surface area contributed by atoms with Gasteiger partial charge in [0.2, 0.25) is 0 Å². The van der Waals surface area contributed by atoms with Gasteiger partial charge < -0.3 is 10.2 Å². The van der Waals surface area contributed by atoms with Gasteiger partial charge in [-0.2, -0.15) is 0 Å². The first-order valence-electron chi connectivity index (χ1n) is 7.49. The lowest BCUT2D eigenvalue weighted by Gasteiger charge is -2.22. The molecule has 0 radical (unpaired) electrons. The van der Waals surface area contributed by atoms with Crippen LogP contribution in [0.3, 0.4) is 0 Å². The third-order valence-corrected chi connectivity index (χ3v) is 5.25. The summed E-state index contributed by atoms with van der Waals surface area (Å²) in [6.07, 6.45) is 3.53. The second-order valence-electron chi connectivity index (χ2n) is 5.90. The number of para-hydroxylation sites is 1. The molecule has 1 saturated carbocycles. The molecule has 4 nitrogen and oxygen atoms in total. The lowest BCUT2D eigenvalue weighted by Crippen LogP contribution is -2.43. The third kappa shape index (κ3) is 3.18. The quantitative estimate of drug-likeness (QED) is 0.941. The highest BCUT2D eigenvalue weighted by Gasteiger charge is 2.25. The normalized spacial score (nSPS) is 21.6. The van der Waals surface area contributed by atoms with Crippen LogP contribution in [0.4, 0.5) is 4.79 Å². The van der Waals surface area contributed by atoms with Gasteiger partial charge in [0.1, 0.15) is 5.01 Å². The van der Waals surface area contributed by atoms with Crippen molar-refractivity contribution in [2.75, 3.05) is 7.05 Å². The van der Waals surface area contributed by atoms with E-state index in [1.807, 2.05) is 25.2 Å². The maximum absolute atomic E-state index is 12.3. The molecule has 2 atom stereocenters. The summed E-state index contributed by atoms with van der Waals surface area (Å²) < 4.78 is 1.17. The Hall–Kier alpha value is -1.62. The number of benzene rings is 1. The highest BCUT2D eigenvalue weighted by Crippen LogP contribution is 2.25. The Morgan fingerprint density at radius 1 is 1.43 bits per heavy atom. The van der Waals surface area contributed by atoms with Gasteiger partial charge in [-0.15, -0.1) is 11.3 Å². The molecule has 1 N–H and O–H groups in total. The van der Waals surface area contributed by atoms with Crippen LogP contribution in [0.15, 0.2) is 24.3 Å². The Balaban J connectivity index is 1.62. The molecule has 1 aliphatic carbocycles. The lowest BCUT2D eigenvalue weighted by atomic mass is 10.1. The van der Waals surface area contributed by atoms with Crippen LogP contribution in [0.1, 0.15) is 31.2 Å². The Bertz CT molecular complexity index is 606. The molecular formula is C16H21N3OS. The molecular weight excluding hydrogens is 282 g/mol. The number of aromatic nitrogens is 1. The van der Waals surface area contributed by atoms with Crippen molar-refractivity contribution in [2.45, 2.75) is 38.8 Å². The molecule has 0 bridgehead atoms. The maximum Gasteiger partial charge on any atom is 0.317 e. The molecule has 112 valence electrons. The van der Waals surface area contributed by atoms with Crippen LogP contribution in [0, 0.1) is 5.92 Å². The lowest BCUT2D eigenvalue weighted by molar-refractivity contribution is 0.200. The van der Waals surface area contributed by atoms with E-state index >= 15 is 0 Å². The van der Waals surface area contributed by atoms with Crippen LogP contribution in [0.2, 0.25) is 0 Å². The SMILES string of the molecule is CC1CCCC1NC(=O)N(C)Cc1nc2ccccc2s1. The van der Waals surface area contributed by atoms with Crippen LogP contribution < -0.4 is 5.32 Å². The second kappa shape index (κ2) is 6.02. The fourth-order valence-corrected chi connectivity index (χ4v) is 3.91. The first-order valence-corrected chi connectivity index (χ1v) is 8.31. The van der Waals surface area contributed by atoms with Crippen molar-refractivity contribution in [3.63, 3.8) is 0 Å². The number of nitrogens with zero attached hydrogens (tertiary/aromatic N) is 2. The fraction of sp³-hybridized carbons (Fsp3) is 0.500. The topological polar surface area (TPSA) is 45.2 Å². The third-order valence-electron chi connectivity index (χ3n) is 4.23. The first-order chi connectivity index (χ1) is 10.1. The number of carbonyl (C=O) groups is 1. The summed E-state index contributed by atoms with van der Waals surface area (Å²) in [7, 11) is 1.83. The molecule has 0 saturated heterocycles. The Morgan fingerprint density at radius 2 is 2.24 bits per heavy atom. The van der Waals surface area contributed by atoms with Gasteiger partial charge in [-0.25, -0.2) is 9.78 Å². The smallest absolute Gasteiger partial charge is 0.317 e. The summed E-state index contributed by atoms with van der Waals surface area (Å²) in [5.41, 5.74) is 1.01. The molecule has 2 unspecified atom stereocenters. The summed E-state index contributed by atoms with van der Waals surface area (Å²) in [5.74, 6) is 0.588. The molecule has 3 rings (SSSR count). The van der Waals surface area contributed by atoms with Crippen LogP contribution >= 0.6 is 11.3 Å². The van der Waals surface area contributed by atoms with Crippen molar-refractivity contribution in [3.05, 3.63) is 29.3 Å². The number of urea groups is 1. The van der Waals surface area contributed by atoms with Crippen molar-refractivity contribution in [1.82, 2.24) is 15.2 Å². The van der Waals surface area contributed by atoms with Gasteiger partial charge in [0.25, 0.3) is 0 Å². The summed E-state index contributed by atoms with van der Waals surface area (Å²) in [6, 6.07) is 8.42. The zero-order valence-electron chi connectivity index (χ0n) is 12.5. The van der Waals surface area contributed by atoms with E-state index in [0.29, 0.717) is 18.5 Å². The van der Waals surface area contributed by atoms with E-state index in [1.165, 1.54) is 17.5 Å². The van der Waals surface area contributed by atoms with E-state index in [0.717, 1.165) is 16.9 Å². The van der Waals surface area contributed by atoms with E-state index in [9.17, 15) is 4.79 Å². The minimum Gasteiger partial charge on any atom is -0.335 e. The van der Waals surface area contributed by atoms with Crippen LogP contribution in [0.5, 0.6) is 0 Å². The average Bonchev–Trinajstić information content (AvgIpc) is 3.04. The predicted octanol–water partition coefficient (Wildman–Crippen LogP) is 3.63. The zero-order chi connectivity index (χ0) is 14.8. The van der Waals surface area contributed by atoms with Crippen molar-refractivity contribution in [2.24, 2.45) is 5.92 Å². The van der Waals surface area contributed by atoms with E-state index < -0.39 is 0 Å². The summed E-state index contributed by atoms with van der Waals surface area (Å²) in [5, 5.41) is 4.13. The standard InChI is InChI=1S/C16H21N3OS/c1-11-6-5-8-12(11)18-16(20)19(2)10-15-17-13-7-3-4-9-14(13)21-15/h3-4,7,9,11-12H,5-6,8,10H2,1-2H3,(H,18,20). The number of thiazole rings is 1. The molecule has 1 fully saturated rings. The molecule has 1 aromatic carbocycles. The number of hydrogen-bond acceptors (Lipinski definition) is 3. The summed E-state index contributed by atoms with van der Waals surface area (Å²) >= 11 is 1.65. The average molecular weight is 303 g/mol. The van der Waals surface area contributed by atoms with Gasteiger partial charge in [-0.05, 0) is 30.9 Å². The molecule has 0 aliphatic heterocycles. The van der Waals surface area contributed by atoms with Crippen LogP contribution in [-0.2, 0) is 6.54 Å². The number of nitrogens with one attached hydrogen (secondary N) is 1. The number of carbonyl (C=O) groups excluding carboxylic acids is 1. The number of rotatable bonds is 3. The zero-order valence-corrected chi connectivity index (χ0v) is 13.3. The van der Waals surface area contributed by atoms with Gasteiger partial charge in [-0.3, -0.25) is 0 Å². The largest absolute Gasteiger partial charge is 0.335 e. The van der Waals surface area contributed by atoms with Gasteiger partial charge in [-0.1, -0.05) is 25.5 Å². The van der Waals surface area contributed by atoms with Crippen LogP contribution in [-0.4, -0.2) is 29.0 Å². The predicted molar refractivity (Wildman–Crippen MR) is 86.4 cm³/mol. The highest BCUT2D eigenvalue weighted by molar-refractivity contribution is 7.18. The minimum atomic E-state index is 0.00741. The molecule has 0 spiro atoms. The Labute approximate surface area is 129 Å². The molecule has 5 heteroatoms. The van der Waals surface area contributed by atoms with Crippen LogP contribution in [0.25, 0.3) is 10.2 Å². The maximum atomic E-state index is 12.3. The van der Waals surface area contributed by atoms with E-state index in [1.54, 1.807) is 16.2 Å². The number of fused-ring (bicyclic) bond motifs is 1.